The zero-order valence-electron chi connectivity index (χ0n) is 16.0. The summed E-state index contributed by atoms with van der Waals surface area (Å²) in [6.07, 6.45) is 8.06. The Hall–Kier alpha value is -1.09. The third-order valence-electron chi connectivity index (χ3n) is 4.34. The van der Waals surface area contributed by atoms with Gasteiger partial charge in [0.05, 0.1) is 0 Å². The van der Waals surface area contributed by atoms with Gasteiger partial charge in [-0.25, -0.2) is 4.98 Å². The molecule has 0 spiro atoms. The van der Waals surface area contributed by atoms with Gasteiger partial charge in [0.1, 0.15) is 5.82 Å². The molecule has 2 rings (SSSR count). The van der Waals surface area contributed by atoms with Gasteiger partial charge in [-0.2, -0.15) is 0 Å². The average Bonchev–Trinajstić information content (AvgIpc) is 2.66. The van der Waals surface area contributed by atoms with Crippen molar-refractivity contribution in [2.45, 2.75) is 39.0 Å². The molecular weight excluding hydrogens is 439 g/mol. The Balaban J connectivity index is 0.00000338. The summed E-state index contributed by atoms with van der Waals surface area (Å²) in [6.45, 7) is 9.37. The second-order valence-corrected chi connectivity index (χ2v) is 6.44. The molecule has 1 aliphatic rings. The molecule has 0 aromatic carbocycles. The van der Waals surface area contributed by atoms with E-state index in [9.17, 15) is 0 Å². The molecule has 148 valence electrons. The zero-order chi connectivity index (χ0) is 17.6. The molecule has 6 nitrogen and oxygen atoms in total. The molecule has 26 heavy (non-hydrogen) atoms. The number of aliphatic imine (C=N–C) groups is 1. The number of likely N-dealkylation sites (tertiary alicyclic amines) is 1. The Morgan fingerprint density at radius 2 is 1.96 bits per heavy atom. The fraction of sp³-hybridized carbons (Fsp3) is 0.684. The van der Waals surface area contributed by atoms with Crippen LogP contribution in [0.2, 0.25) is 0 Å². The SMILES string of the molecule is CCNC(=NCCCCNc1ccccn1)NCCN1CCCCC1.I. The van der Waals surface area contributed by atoms with Crippen molar-refractivity contribution in [2.24, 2.45) is 4.99 Å². The van der Waals surface area contributed by atoms with Crippen molar-refractivity contribution in [1.82, 2.24) is 20.5 Å². The molecule has 0 radical (unpaired) electrons. The Kier molecular flexibility index (Phi) is 13.3. The van der Waals surface area contributed by atoms with E-state index in [-0.39, 0.29) is 24.0 Å². The summed E-state index contributed by atoms with van der Waals surface area (Å²) < 4.78 is 0. The van der Waals surface area contributed by atoms with E-state index >= 15 is 0 Å². The van der Waals surface area contributed by atoms with Crippen molar-refractivity contribution >= 4 is 35.8 Å². The summed E-state index contributed by atoms with van der Waals surface area (Å²) in [4.78, 5) is 11.5. The molecule has 1 aromatic heterocycles. The van der Waals surface area contributed by atoms with Gasteiger partial charge in [-0.05, 0) is 57.8 Å². The molecule has 3 N–H and O–H groups in total. The third-order valence-corrected chi connectivity index (χ3v) is 4.34. The first-order chi connectivity index (χ1) is 12.4. The van der Waals surface area contributed by atoms with Gasteiger partial charge in [0.25, 0.3) is 0 Å². The summed E-state index contributed by atoms with van der Waals surface area (Å²) in [5.74, 6) is 1.89. The maximum atomic E-state index is 4.67. The van der Waals surface area contributed by atoms with Crippen LogP contribution in [0.15, 0.2) is 29.4 Å². The smallest absolute Gasteiger partial charge is 0.191 e. The largest absolute Gasteiger partial charge is 0.370 e. The van der Waals surface area contributed by atoms with Gasteiger partial charge in [-0.15, -0.1) is 24.0 Å². The van der Waals surface area contributed by atoms with Crippen LogP contribution < -0.4 is 16.0 Å². The molecule has 0 amide bonds. The van der Waals surface area contributed by atoms with Crippen molar-refractivity contribution in [1.29, 1.82) is 0 Å². The molecule has 0 unspecified atom stereocenters. The minimum absolute atomic E-state index is 0. The number of pyridine rings is 1. The van der Waals surface area contributed by atoms with E-state index in [1.807, 2.05) is 24.4 Å². The van der Waals surface area contributed by atoms with Crippen LogP contribution in [-0.2, 0) is 0 Å². The molecule has 0 bridgehead atoms. The number of unbranched alkanes of at least 4 members (excludes halogenated alkanes) is 1. The second kappa shape index (κ2) is 15.0. The van der Waals surface area contributed by atoms with Crippen LogP contribution in [0, 0.1) is 0 Å². The van der Waals surface area contributed by atoms with Crippen molar-refractivity contribution in [3.8, 4) is 0 Å². The molecule has 0 saturated carbocycles. The quantitative estimate of drug-likeness (QED) is 0.211. The van der Waals surface area contributed by atoms with Crippen LogP contribution in [0.3, 0.4) is 0 Å². The monoisotopic (exact) mass is 474 g/mol. The number of nitrogens with zero attached hydrogens (tertiary/aromatic N) is 3. The molecule has 2 heterocycles. The summed E-state index contributed by atoms with van der Waals surface area (Å²) >= 11 is 0. The number of piperidine rings is 1. The topological polar surface area (TPSA) is 64.6 Å². The van der Waals surface area contributed by atoms with E-state index in [0.717, 1.165) is 57.3 Å². The molecule has 0 atom stereocenters. The Morgan fingerprint density at radius 1 is 1.12 bits per heavy atom. The Morgan fingerprint density at radius 3 is 2.69 bits per heavy atom. The minimum atomic E-state index is 0. The third kappa shape index (κ3) is 10.2. The van der Waals surface area contributed by atoms with E-state index in [4.69, 9.17) is 0 Å². The highest BCUT2D eigenvalue weighted by atomic mass is 127. The first-order valence-electron chi connectivity index (χ1n) is 9.78. The normalized spacial score (nSPS) is 15.2. The highest BCUT2D eigenvalue weighted by Crippen LogP contribution is 2.07. The molecule has 0 aliphatic carbocycles. The number of guanidine groups is 1. The number of hydrogen-bond acceptors (Lipinski definition) is 4. The van der Waals surface area contributed by atoms with Crippen LogP contribution in [0.25, 0.3) is 0 Å². The molecule has 1 aromatic rings. The van der Waals surface area contributed by atoms with E-state index in [0.29, 0.717) is 0 Å². The predicted molar refractivity (Wildman–Crippen MR) is 122 cm³/mol. The summed E-state index contributed by atoms with van der Waals surface area (Å²) in [5, 5.41) is 10.1. The Labute approximate surface area is 175 Å². The fourth-order valence-corrected chi connectivity index (χ4v) is 2.97. The first kappa shape index (κ1) is 23.0. The average molecular weight is 474 g/mol. The van der Waals surface area contributed by atoms with Crippen LogP contribution in [0.5, 0.6) is 0 Å². The van der Waals surface area contributed by atoms with Crippen molar-refractivity contribution in [3.63, 3.8) is 0 Å². The Bertz CT molecular complexity index is 476. The predicted octanol–water partition coefficient (Wildman–Crippen LogP) is 2.93. The van der Waals surface area contributed by atoms with Crippen molar-refractivity contribution < 1.29 is 0 Å². The van der Waals surface area contributed by atoms with Gasteiger partial charge >= 0.3 is 0 Å². The van der Waals surface area contributed by atoms with E-state index in [2.05, 4.69) is 37.8 Å². The summed E-state index contributed by atoms with van der Waals surface area (Å²) in [7, 11) is 0. The van der Waals surface area contributed by atoms with Crippen molar-refractivity contribution in [2.75, 3.05) is 51.1 Å². The van der Waals surface area contributed by atoms with Gasteiger partial charge in [-0.1, -0.05) is 12.5 Å². The summed E-state index contributed by atoms with van der Waals surface area (Å²) in [6, 6.07) is 5.92. The van der Waals surface area contributed by atoms with Gasteiger partial charge in [0.15, 0.2) is 5.96 Å². The van der Waals surface area contributed by atoms with Gasteiger partial charge < -0.3 is 20.9 Å². The molecular formula is C19H35IN6. The first-order valence-corrected chi connectivity index (χ1v) is 9.78. The molecule has 7 heteroatoms. The van der Waals surface area contributed by atoms with Crippen LogP contribution >= 0.6 is 24.0 Å². The number of rotatable bonds is 10. The molecule has 1 fully saturated rings. The lowest BCUT2D eigenvalue weighted by Gasteiger charge is -2.26. The highest BCUT2D eigenvalue weighted by molar-refractivity contribution is 14.0. The minimum Gasteiger partial charge on any atom is -0.370 e. The lowest BCUT2D eigenvalue weighted by atomic mass is 10.1. The van der Waals surface area contributed by atoms with Gasteiger partial charge in [0, 0.05) is 38.9 Å². The van der Waals surface area contributed by atoms with Crippen LogP contribution in [-0.4, -0.2) is 61.7 Å². The zero-order valence-corrected chi connectivity index (χ0v) is 18.4. The lowest BCUT2D eigenvalue weighted by molar-refractivity contribution is 0.232. The standard InChI is InChI=1S/C19H34N6.HI/c1-2-20-19(24-14-17-25-15-8-3-9-16-25)23-13-7-6-12-22-18-10-4-5-11-21-18;/h4-5,10-11H,2-3,6-9,12-17H2,1H3,(H,21,22)(H2,20,23,24);1H. The lowest BCUT2D eigenvalue weighted by Crippen LogP contribution is -2.42. The highest BCUT2D eigenvalue weighted by Gasteiger charge is 2.09. The summed E-state index contributed by atoms with van der Waals surface area (Å²) in [5.41, 5.74) is 0. The number of anilines is 1. The number of hydrogen-bond donors (Lipinski definition) is 3. The molecule has 1 saturated heterocycles. The van der Waals surface area contributed by atoms with E-state index < -0.39 is 0 Å². The van der Waals surface area contributed by atoms with E-state index in [1.165, 1.54) is 32.4 Å². The van der Waals surface area contributed by atoms with Crippen molar-refractivity contribution in [3.05, 3.63) is 24.4 Å². The van der Waals surface area contributed by atoms with Crippen LogP contribution in [0.4, 0.5) is 5.82 Å². The molecule has 1 aliphatic heterocycles. The maximum absolute atomic E-state index is 4.67. The number of nitrogens with one attached hydrogen (secondary N) is 3. The fourth-order valence-electron chi connectivity index (χ4n) is 2.97. The van der Waals surface area contributed by atoms with E-state index in [1.54, 1.807) is 0 Å². The second-order valence-electron chi connectivity index (χ2n) is 6.44. The number of halogens is 1. The maximum Gasteiger partial charge on any atom is 0.191 e. The number of aromatic nitrogens is 1. The van der Waals surface area contributed by atoms with Crippen LogP contribution in [0.1, 0.15) is 39.0 Å². The van der Waals surface area contributed by atoms with Gasteiger partial charge in [0.2, 0.25) is 0 Å². The van der Waals surface area contributed by atoms with Gasteiger partial charge in [-0.3, -0.25) is 4.99 Å².